The Hall–Kier alpha value is -1.78. The fraction of sp³-hybridized carbons (Fsp3) is 0.400. The van der Waals surface area contributed by atoms with Gasteiger partial charge in [0.1, 0.15) is 11.3 Å². The summed E-state index contributed by atoms with van der Waals surface area (Å²) in [5, 5.41) is 0. The molecule has 5 nitrogen and oxygen atoms in total. The minimum absolute atomic E-state index is 0.215. The minimum atomic E-state index is -0.215. The highest BCUT2D eigenvalue weighted by atomic mass is 16.1. The predicted molar refractivity (Wildman–Crippen MR) is 56.8 cm³/mol. The maximum Gasteiger partial charge on any atom is 0.277 e. The third kappa shape index (κ3) is 1.60. The quantitative estimate of drug-likeness (QED) is 0.756. The van der Waals surface area contributed by atoms with E-state index in [2.05, 4.69) is 19.9 Å². The molecule has 2 heterocycles. The van der Waals surface area contributed by atoms with Crippen molar-refractivity contribution in [2.45, 2.75) is 26.7 Å². The van der Waals surface area contributed by atoms with E-state index >= 15 is 0 Å². The molecule has 0 spiro atoms. The average Bonchev–Trinajstić information content (AvgIpc) is 2.18. The smallest absolute Gasteiger partial charge is 0.277 e. The van der Waals surface area contributed by atoms with Gasteiger partial charge in [-0.3, -0.25) is 4.79 Å². The lowest BCUT2D eigenvalue weighted by Crippen LogP contribution is -2.12. The van der Waals surface area contributed by atoms with Crippen molar-refractivity contribution >= 4 is 11.0 Å². The molecule has 0 fully saturated rings. The van der Waals surface area contributed by atoms with Gasteiger partial charge in [-0.15, -0.1) is 0 Å². The van der Waals surface area contributed by atoms with Gasteiger partial charge < -0.3 is 4.98 Å². The van der Waals surface area contributed by atoms with Gasteiger partial charge >= 0.3 is 0 Å². The number of hydrogen-bond donors (Lipinski definition) is 1. The zero-order valence-corrected chi connectivity index (χ0v) is 8.90. The SMILES string of the molecule is Cc1nc(C(C)C)c2nc[nH]c(=O)c2n1. The van der Waals surface area contributed by atoms with E-state index in [4.69, 9.17) is 0 Å². The fourth-order valence-electron chi connectivity index (χ4n) is 1.50. The van der Waals surface area contributed by atoms with Crippen molar-refractivity contribution < 1.29 is 0 Å². The summed E-state index contributed by atoms with van der Waals surface area (Å²) >= 11 is 0. The molecule has 15 heavy (non-hydrogen) atoms. The van der Waals surface area contributed by atoms with Gasteiger partial charge in [0.05, 0.1) is 12.0 Å². The first-order valence-electron chi connectivity index (χ1n) is 4.81. The first-order chi connectivity index (χ1) is 7.09. The summed E-state index contributed by atoms with van der Waals surface area (Å²) in [5.41, 5.74) is 1.57. The van der Waals surface area contributed by atoms with Crippen LogP contribution in [0.4, 0.5) is 0 Å². The van der Waals surface area contributed by atoms with E-state index in [0.29, 0.717) is 16.9 Å². The second kappa shape index (κ2) is 3.42. The second-order valence-corrected chi connectivity index (χ2v) is 3.74. The van der Waals surface area contributed by atoms with Crippen molar-refractivity contribution in [3.8, 4) is 0 Å². The predicted octanol–water partition coefficient (Wildman–Crippen LogP) is 1.14. The molecule has 0 atom stereocenters. The van der Waals surface area contributed by atoms with Crippen molar-refractivity contribution in [1.82, 2.24) is 19.9 Å². The van der Waals surface area contributed by atoms with E-state index in [1.807, 2.05) is 13.8 Å². The van der Waals surface area contributed by atoms with Crippen LogP contribution < -0.4 is 5.56 Å². The third-order valence-corrected chi connectivity index (χ3v) is 2.17. The summed E-state index contributed by atoms with van der Waals surface area (Å²) in [6, 6.07) is 0. The highest BCUT2D eigenvalue weighted by molar-refractivity contribution is 5.75. The molecule has 0 bridgehead atoms. The van der Waals surface area contributed by atoms with Crippen molar-refractivity contribution in [1.29, 1.82) is 0 Å². The number of nitrogens with zero attached hydrogens (tertiary/aromatic N) is 3. The Balaban J connectivity index is 2.93. The third-order valence-electron chi connectivity index (χ3n) is 2.17. The first kappa shape index (κ1) is 9.76. The van der Waals surface area contributed by atoms with Crippen LogP contribution >= 0.6 is 0 Å². The number of nitrogens with one attached hydrogen (secondary N) is 1. The number of aromatic nitrogens is 4. The van der Waals surface area contributed by atoms with Gasteiger partial charge in [0.2, 0.25) is 0 Å². The Morgan fingerprint density at radius 3 is 2.67 bits per heavy atom. The highest BCUT2D eigenvalue weighted by Gasteiger charge is 2.12. The van der Waals surface area contributed by atoms with Crippen LogP contribution in [-0.4, -0.2) is 19.9 Å². The van der Waals surface area contributed by atoms with Gasteiger partial charge in [-0.05, 0) is 12.8 Å². The standard InChI is InChI=1S/C10H12N4O/c1-5(2)7-8-9(14-6(3)13-7)10(15)12-4-11-8/h4-5H,1-3H3,(H,11,12,15). The molecular formula is C10H12N4O. The van der Waals surface area contributed by atoms with Crippen LogP contribution in [0.2, 0.25) is 0 Å². The zero-order chi connectivity index (χ0) is 11.0. The monoisotopic (exact) mass is 204 g/mol. The van der Waals surface area contributed by atoms with E-state index in [-0.39, 0.29) is 11.5 Å². The Labute approximate surface area is 86.6 Å². The fourth-order valence-corrected chi connectivity index (χ4v) is 1.50. The first-order valence-corrected chi connectivity index (χ1v) is 4.81. The normalized spacial score (nSPS) is 11.2. The van der Waals surface area contributed by atoms with E-state index in [1.54, 1.807) is 6.92 Å². The van der Waals surface area contributed by atoms with Gasteiger partial charge in [0.15, 0.2) is 5.52 Å². The summed E-state index contributed by atoms with van der Waals surface area (Å²) in [6.07, 6.45) is 1.38. The van der Waals surface area contributed by atoms with E-state index in [0.717, 1.165) is 5.69 Å². The van der Waals surface area contributed by atoms with Crippen LogP contribution in [0.25, 0.3) is 11.0 Å². The molecule has 78 valence electrons. The summed E-state index contributed by atoms with van der Waals surface area (Å²) in [5.74, 6) is 0.827. The lowest BCUT2D eigenvalue weighted by molar-refractivity contribution is 0.811. The topological polar surface area (TPSA) is 71.5 Å². The number of aromatic amines is 1. The summed E-state index contributed by atoms with van der Waals surface area (Å²) in [4.78, 5) is 26.6. The number of H-pyrrole nitrogens is 1. The molecule has 0 aliphatic heterocycles. The largest absolute Gasteiger partial charge is 0.311 e. The number of hydrogen-bond acceptors (Lipinski definition) is 4. The van der Waals surface area contributed by atoms with Crippen LogP contribution in [0.1, 0.15) is 31.3 Å². The lowest BCUT2D eigenvalue weighted by Gasteiger charge is -2.07. The molecule has 0 radical (unpaired) electrons. The van der Waals surface area contributed by atoms with Crippen molar-refractivity contribution in [3.63, 3.8) is 0 Å². The number of fused-ring (bicyclic) bond motifs is 1. The molecule has 0 aliphatic carbocycles. The molecule has 1 N–H and O–H groups in total. The Bertz CT molecular complexity index is 559. The Kier molecular flexibility index (Phi) is 2.22. The zero-order valence-electron chi connectivity index (χ0n) is 8.90. The second-order valence-electron chi connectivity index (χ2n) is 3.74. The molecule has 0 amide bonds. The number of aryl methyl sites for hydroxylation is 1. The van der Waals surface area contributed by atoms with Gasteiger partial charge in [-0.2, -0.15) is 0 Å². The molecule has 0 aliphatic rings. The Morgan fingerprint density at radius 1 is 1.27 bits per heavy atom. The molecular weight excluding hydrogens is 192 g/mol. The Morgan fingerprint density at radius 2 is 2.00 bits per heavy atom. The van der Waals surface area contributed by atoms with Crippen molar-refractivity contribution in [2.75, 3.05) is 0 Å². The molecule has 0 saturated carbocycles. The maximum absolute atomic E-state index is 11.5. The molecule has 2 rings (SSSR count). The van der Waals surface area contributed by atoms with Crippen LogP contribution in [0.5, 0.6) is 0 Å². The minimum Gasteiger partial charge on any atom is -0.311 e. The highest BCUT2D eigenvalue weighted by Crippen LogP contribution is 2.17. The molecule has 5 heteroatoms. The van der Waals surface area contributed by atoms with Crippen LogP contribution in [0.15, 0.2) is 11.1 Å². The summed E-state index contributed by atoms with van der Waals surface area (Å²) in [7, 11) is 0. The summed E-state index contributed by atoms with van der Waals surface area (Å²) < 4.78 is 0. The molecule has 0 aromatic carbocycles. The van der Waals surface area contributed by atoms with Gasteiger partial charge in [-0.1, -0.05) is 13.8 Å². The van der Waals surface area contributed by atoms with Gasteiger partial charge in [-0.25, -0.2) is 15.0 Å². The molecule has 0 unspecified atom stereocenters. The van der Waals surface area contributed by atoms with Crippen LogP contribution in [-0.2, 0) is 0 Å². The van der Waals surface area contributed by atoms with E-state index in [9.17, 15) is 4.79 Å². The molecule has 0 saturated heterocycles. The summed E-state index contributed by atoms with van der Waals surface area (Å²) in [6.45, 7) is 5.81. The number of rotatable bonds is 1. The molecule has 2 aromatic rings. The molecule has 2 aromatic heterocycles. The maximum atomic E-state index is 11.5. The van der Waals surface area contributed by atoms with Crippen molar-refractivity contribution in [2.24, 2.45) is 0 Å². The van der Waals surface area contributed by atoms with E-state index in [1.165, 1.54) is 6.33 Å². The van der Waals surface area contributed by atoms with Gasteiger partial charge in [0.25, 0.3) is 5.56 Å². The van der Waals surface area contributed by atoms with Crippen LogP contribution in [0, 0.1) is 6.92 Å². The average molecular weight is 204 g/mol. The van der Waals surface area contributed by atoms with E-state index < -0.39 is 0 Å². The van der Waals surface area contributed by atoms with Crippen molar-refractivity contribution in [3.05, 3.63) is 28.2 Å². The van der Waals surface area contributed by atoms with Crippen LogP contribution in [0.3, 0.4) is 0 Å². The lowest BCUT2D eigenvalue weighted by atomic mass is 10.1. The van der Waals surface area contributed by atoms with Gasteiger partial charge in [0, 0.05) is 0 Å².